The number of hydrogen-bond donors (Lipinski definition) is 5. The van der Waals surface area contributed by atoms with E-state index < -0.39 is 24.3 Å². The maximum absolute atomic E-state index is 14.3. The molecule has 6 atom stereocenters. The molecule has 330 valence electrons. The number of H-pyrrole nitrogens is 2. The molecule has 1 aliphatic carbocycles. The highest BCUT2D eigenvalue weighted by atomic mass is 16.5. The van der Waals surface area contributed by atoms with E-state index in [4.69, 9.17) is 24.2 Å². The third kappa shape index (κ3) is 7.41. The van der Waals surface area contributed by atoms with Gasteiger partial charge in [-0.3, -0.25) is 9.59 Å². The zero-order chi connectivity index (χ0) is 43.5. The minimum Gasteiger partial charge on any atom is -0.488 e. The predicted octanol–water partition coefficient (Wildman–Crippen LogP) is 7.21. The lowest BCUT2D eigenvalue weighted by Gasteiger charge is -2.33. The van der Waals surface area contributed by atoms with Crippen molar-refractivity contribution in [2.24, 2.45) is 17.8 Å². The third-order valence-electron chi connectivity index (χ3n) is 14.2. The highest BCUT2D eigenvalue weighted by molar-refractivity contribution is 6.07. The zero-order valence-corrected chi connectivity index (χ0v) is 35.8. The fraction of sp³-hybridized carbons (Fsp3) is 0.489. The van der Waals surface area contributed by atoms with Crippen LogP contribution >= 0.6 is 0 Å². The number of ether oxygens (including phenoxy) is 3. The van der Waals surface area contributed by atoms with Gasteiger partial charge in [0.15, 0.2) is 0 Å². The van der Waals surface area contributed by atoms with E-state index in [2.05, 4.69) is 63.1 Å². The molecule has 6 heterocycles. The summed E-state index contributed by atoms with van der Waals surface area (Å²) in [6.45, 7) is 5.80. The lowest BCUT2D eigenvalue weighted by atomic mass is 9.90. The fourth-order valence-corrected chi connectivity index (χ4v) is 11.1. The number of alkyl carbamates (subject to hydrolysis) is 1. The van der Waals surface area contributed by atoms with Crippen LogP contribution in [0.25, 0.3) is 44.2 Å². The first-order valence-corrected chi connectivity index (χ1v) is 22.4. The van der Waals surface area contributed by atoms with E-state index in [9.17, 15) is 24.3 Å². The third-order valence-corrected chi connectivity index (χ3v) is 14.2. The number of nitrogens with one attached hydrogen (secondary N) is 4. The molecule has 5 aromatic rings. The van der Waals surface area contributed by atoms with Crippen molar-refractivity contribution in [3.63, 3.8) is 0 Å². The number of carbonyl (C=O) groups is 4. The van der Waals surface area contributed by atoms with Crippen LogP contribution in [-0.4, -0.2) is 104 Å². The molecule has 0 bridgehead atoms. The van der Waals surface area contributed by atoms with Gasteiger partial charge in [0.25, 0.3) is 0 Å². The highest BCUT2D eigenvalue weighted by Crippen LogP contribution is 2.49. The smallest absolute Gasteiger partial charge is 0.407 e. The van der Waals surface area contributed by atoms with Gasteiger partial charge in [-0.1, -0.05) is 38.5 Å². The van der Waals surface area contributed by atoms with Gasteiger partial charge < -0.3 is 49.7 Å². The number of carboxylic acid groups (broad SMARTS) is 1. The summed E-state index contributed by atoms with van der Waals surface area (Å²) in [7, 11) is 1.31. The van der Waals surface area contributed by atoms with Crippen molar-refractivity contribution >= 4 is 45.8 Å². The number of carbonyl (C=O) groups excluding carboxylic acids is 3. The molecular formula is C47H54N8O8. The number of rotatable bonds is 9. The van der Waals surface area contributed by atoms with E-state index in [-0.39, 0.29) is 41.8 Å². The number of benzene rings is 3. The van der Waals surface area contributed by atoms with Crippen LogP contribution in [0, 0.1) is 17.8 Å². The molecule has 5 aliphatic rings. The lowest BCUT2D eigenvalue weighted by molar-refractivity contribution is -0.138. The summed E-state index contributed by atoms with van der Waals surface area (Å²) >= 11 is 0. The summed E-state index contributed by atoms with van der Waals surface area (Å²) in [5.74, 6) is 2.02. The quantitative estimate of drug-likeness (QED) is 0.101. The van der Waals surface area contributed by atoms with E-state index in [0.29, 0.717) is 50.9 Å². The number of fused-ring (bicyclic) bond motifs is 7. The molecule has 10 rings (SSSR count). The standard InChI is InChI=1S/C47H54N8O8/c1-24(2)39(53-47(60)61-3)45(57)55-35-7-4-6-28(35)20-37(55)43-49-33-12-10-26-19-32-30-11-9-27(18-29(30)23-63-38(32)21-31(26)41(33)51-43)34-22-48-42(50-34)36-8-5-15-54(36)44(56)40(52-46(58)59)25-13-16-62-17-14-25/h9-12,18-19,21-22,24-25,28,35-37,39-40,52H,4-8,13-17,20,23H2,1-3H3,(H,48,50)(H,49,51)(H,53,60)(H,58,59)/t28-,35-,36?,37-,39?,40?/m0/s1. The molecular weight excluding hydrogens is 805 g/mol. The summed E-state index contributed by atoms with van der Waals surface area (Å²) in [4.78, 5) is 73.1. The average molecular weight is 859 g/mol. The van der Waals surface area contributed by atoms with Crippen LogP contribution in [-0.2, 0) is 25.7 Å². The summed E-state index contributed by atoms with van der Waals surface area (Å²) in [5.41, 5.74) is 6.58. The number of methoxy groups -OCH3 is 1. The van der Waals surface area contributed by atoms with Crippen LogP contribution in [0.1, 0.15) is 94.5 Å². The van der Waals surface area contributed by atoms with Crippen LogP contribution in [0.15, 0.2) is 48.7 Å². The Kier molecular flexibility index (Phi) is 10.7. The van der Waals surface area contributed by atoms with E-state index in [1.807, 2.05) is 18.7 Å². The number of hydrogen-bond acceptors (Lipinski definition) is 9. The average Bonchev–Trinajstić information content (AvgIpc) is 4.14. The second-order valence-corrected chi connectivity index (χ2v) is 18.2. The highest BCUT2D eigenvalue weighted by Gasteiger charge is 2.49. The molecule has 5 N–H and O–H groups in total. The number of aromatic amines is 2. The molecule has 4 aliphatic heterocycles. The Morgan fingerprint density at radius 3 is 2.54 bits per heavy atom. The number of aromatic nitrogens is 4. The van der Waals surface area contributed by atoms with Gasteiger partial charge in [-0.15, -0.1) is 0 Å². The summed E-state index contributed by atoms with van der Waals surface area (Å²) < 4.78 is 16.8. The maximum atomic E-state index is 14.3. The summed E-state index contributed by atoms with van der Waals surface area (Å²) in [5, 5.41) is 16.9. The van der Waals surface area contributed by atoms with Gasteiger partial charge in [-0.2, -0.15) is 0 Å². The minimum absolute atomic E-state index is 0.0998. The van der Waals surface area contributed by atoms with Crippen molar-refractivity contribution < 1.29 is 38.5 Å². The molecule has 0 spiro atoms. The molecule has 16 heteroatoms. The van der Waals surface area contributed by atoms with Crippen molar-refractivity contribution in [3.8, 4) is 28.1 Å². The van der Waals surface area contributed by atoms with Gasteiger partial charge in [-0.05, 0) is 109 Å². The van der Waals surface area contributed by atoms with Crippen LogP contribution in [0.5, 0.6) is 5.75 Å². The summed E-state index contributed by atoms with van der Waals surface area (Å²) in [6, 6.07) is 12.7. The first-order chi connectivity index (χ1) is 30.6. The molecule has 0 radical (unpaired) electrons. The van der Waals surface area contributed by atoms with E-state index >= 15 is 0 Å². The first-order valence-electron chi connectivity index (χ1n) is 22.4. The Balaban J connectivity index is 0.902. The minimum atomic E-state index is -1.20. The van der Waals surface area contributed by atoms with Crippen molar-refractivity contribution in [1.29, 1.82) is 0 Å². The molecule has 2 aromatic heterocycles. The van der Waals surface area contributed by atoms with E-state index in [1.165, 1.54) is 7.11 Å². The zero-order valence-electron chi connectivity index (χ0n) is 35.8. The number of imidazole rings is 2. The molecule has 3 aromatic carbocycles. The van der Waals surface area contributed by atoms with Crippen molar-refractivity contribution in [1.82, 2.24) is 40.4 Å². The fourth-order valence-electron chi connectivity index (χ4n) is 11.1. The second kappa shape index (κ2) is 16.5. The predicted molar refractivity (Wildman–Crippen MR) is 233 cm³/mol. The van der Waals surface area contributed by atoms with Crippen molar-refractivity contribution in [2.75, 3.05) is 26.9 Å². The first kappa shape index (κ1) is 40.9. The largest absolute Gasteiger partial charge is 0.488 e. The molecule has 4 fully saturated rings. The van der Waals surface area contributed by atoms with Crippen LogP contribution in [0.4, 0.5) is 9.59 Å². The topological polar surface area (TPSA) is 204 Å². The Bertz CT molecular complexity index is 2600. The van der Waals surface area contributed by atoms with E-state index in [0.717, 1.165) is 99.9 Å². The van der Waals surface area contributed by atoms with Gasteiger partial charge >= 0.3 is 12.2 Å². The van der Waals surface area contributed by atoms with E-state index in [1.54, 1.807) is 11.1 Å². The second-order valence-electron chi connectivity index (χ2n) is 18.2. The monoisotopic (exact) mass is 858 g/mol. The Hall–Kier alpha value is -6.16. The Labute approximate surface area is 364 Å². The maximum Gasteiger partial charge on any atom is 0.407 e. The van der Waals surface area contributed by atoms with Crippen molar-refractivity contribution in [3.05, 3.63) is 65.9 Å². The Morgan fingerprint density at radius 1 is 0.905 bits per heavy atom. The molecule has 1 saturated carbocycles. The molecule has 63 heavy (non-hydrogen) atoms. The Morgan fingerprint density at radius 2 is 1.75 bits per heavy atom. The lowest BCUT2D eigenvalue weighted by Crippen LogP contribution is -2.53. The number of nitrogens with zero attached hydrogens (tertiary/aromatic N) is 4. The summed E-state index contributed by atoms with van der Waals surface area (Å²) in [6.07, 6.45) is 6.65. The molecule has 16 nitrogen and oxygen atoms in total. The molecule has 3 saturated heterocycles. The van der Waals surface area contributed by atoms with Crippen LogP contribution in [0.2, 0.25) is 0 Å². The normalized spacial score (nSPS) is 23.0. The number of likely N-dealkylation sites (tertiary alicyclic amines) is 2. The molecule has 4 amide bonds. The van der Waals surface area contributed by atoms with Gasteiger partial charge in [0.05, 0.1) is 42.1 Å². The van der Waals surface area contributed by atoms with Crippen molar-refractivity contribution in [2.45, 2.75) is 102 Å². The van der Waals surface area contributed by atoms with Crippen LogP contribution in [0.3, 0.4) is 0 Å². The van der Waals surface area contributed by atoms with Crippen LogP contribution < -0.4 is 15.4 Å². The van der Waals surface area contributed by atoms with Gasteiger partial charge in [0, 0.05) is 36.8 Å². The van der Waals surface area contributed by atoms with Gasteiger partial charge in [0.2, 0.25) is 11.8 Å². The van der Waals surface area contributed by atoms with Gasteiger partial charge in [0.1, 0.15) is 36.1 Å². The SMILES string of the molecule is COC(=O)NC(C(=O)N1[C@H](c2nc3c(ccc4cc5c(cc43)OCc3cc(-c4cnc(C6CCCN6C(=O)C(NC(=O)O)C6CCOCC6)[nH]4)ccc3-5)[nH]2)C[C@@H]2CCC[C@@H]21)C(C)C. The molecule has 3 unspecified atom stereocenters. The number of amides is 4. The van der Waals surface area contributed by atoms with Gasteiger partial charge in [-0.25, -0.2) is 19.6 Å².